The predicted molar refractivity (Wildman–Crippen MR) is 87.0 cm³/mol. The summed E-state index contributed by atoms with van der Waals surface area (Å²) >= 11 is 13.0. The van der Waals surface area contributed by atoms with E-state index in [-0.39, 0.29) is 11.9 Å². The highest BCUT2D eigenvalue weighted by atomic mass is 79.9. The van der Waals surface area contributed by atoms with Crippen LogP contribution in [0.3, 0.4) is 0 Å². The second-order valence-corrected chi connectivity index (χ2v) is 6.47. The van der Waals surface area contributed by atoms with Gasteiger partial charge in [-0.1, -0.05) is 49.5 Å². The van der Waals surface area contributed by atoms with E-state index in [1.807, 2.05) is 18.2 Å². The Bertz CT molecular complexity index is 602. The van der Waals surface area contributed by atoms with E-state index in [4.69, 9.17) is 17.4 Å². The lowest BCUT2D eigenvalue weighted by molar-refractivity contribution is 0.527. The van der Waals surface area contributed by atoms with Crippen molar-refractivity contribution in [3.8, 4) is 0 Å². The van der Waals surface area contributed by atoms with E-state index in [0.717, 1.165) is 14.5 Å². The number of nitrogens with one attached hydrogen (secondary N) is 1. The third kappa shape index (κ3) is 3.59. The van der Waals surface area contributed by atoms with E-state index >= 15 is 0 Å². The predicted octanol–water partition coefficient (Wildman–Crippen LogP) is 4.75. The lowest BCUT2D eigenvalue weighted by Crippen LogP contribution is -2.30. The van der Waals surface area contributed by atoms with Crippen LogP contribution in [0, 0.1) is 5.82 Å². The van der Waals surface area contributed by atoms with Gasteiger partial charge in [-0.15, -0.1) is 0 Å². The molecule has 0 aliphatic heterocycles. The monoisotopic (exact) mass is 420 g/mol. The van der Waals surface area contributed by atoms with Crippen LogP contribution >= 0.6 is 43.5 Å². The SMILES string of the molecule is NNC(Cc1c(F)cccc1Cl)c1cc(Br)ccc1Br. The topological polar surface area (TPSA) is 38.0 Å². The Labute approximate surface area is 138 Å². The first-order chi connectivity index (χ1) is 9.52. The summed E-state index contributed by atoms with van der Waals surface area (Å²) in [5, 5.41) is 0.399. The highest BCUT2D eigenvalue weighted by Crippen LogP contribution is 2.31. The molecule has 2 aromatic carbocycles. The molecule has 1 atom stereocenters. The first-order valence-corrected chi connectivity index (χ1v) is 7.83. The van der Waals surface area contributed by atoms with E-state index in [0.29, 0.717) is 17.0 Å². The van der Waals surface area contributed by atoms with Crippen LogP contribution in [0.25, 0.3) is 0 Å². The lowest BCUT2D eigenvalue weighted by Gasteiger charge is -2.19. The Morgan fingerprint density at radius 3 is 2.65 bits per heavy atom. The molecule has 1 unspecified atom stereocenters. The van der Waals surface area contributed by atoms with Crippen molar-refractivity contribution in [1.29, 1.82) is 0 Å². The first-order valence-electron chi connectivity index (χ1n) is 5.87. The Kier molecular flexibility index (Phi) is 5.57. The summed E-state index contributed by atoms with van der Waals surface area (Å²) in [7, 11) is 0. The van der Waals surface area contributed by atoms with Gasteiger partial charge in [-0.05, 0) is 42.3 Å². The number of halogens is 4. The minimum Gasteiger partial charge on any atom is -0.271 e. The van der Waals surface area contributed by atoms with Gasteiger partial charge in [0.05, 0.1) is 6.04 Å². The number of hydrazine groups is 1. The van der Waals surface area contributed by atoms with Gasteiger partial charge in [0.1, 0.15) is 5.82 Å². The Morgan fingerprint density at radius 2 is 2.00 bits per heavy atom. The van der Waals surface area contributed by atoms with Gasteiger partial charge in [0, 0.05) is 19.5 Å². The van der Waals surface area contributed by atoms with Crippen molar-refractivity contribution in [3.05, 3.63) is 67.3 Å². The summed E-state index contributed by atoms with van der Waals surface area (Å²) < 4.78 is 15.7. The summed E-state index contributed by atoms with van der Waals surface area (Å²) in [6.45, 7) is 0. The summed E-state index contributed by atoms with van der Waals surface area (Å²) in [6, 6.07) is 10.2. The lowest BCUT2D eigenvalue weighted by atomic mass is 9.99. The zero-order chi connectivity index (χ0) is 14.7. The minimum atomic E-state index is -0.330. The van der Waals surface area contributed by atoms with Crippen LogP contribution in [0.2, 0.25) is 5.02 Å². The third-order valence-corrected chi connectivity index (χ3v) is 4.57. The molecule has 0 spiro atoms. The van der Waals surface area contributed by atoms with E-state index in [1.54, 1.807) is 12.1 Å². The molecule has 0 saturated carbocycles. The molecule has 3 N–H and O–H groups in total. The quantitative estimate of drug-likeness (QED) is 0.551. The van der Waals surface area contributed by atoms with Gasteiger partial charge < -0.3 is 0 Å². The molecule has 0 aliphatic carbocycles. The van der Waals surface area contributed by atoms with Crippen molar-refractivity contribution in [3.63, 3.8) is 0 Å². The largest absolute Gasteiger partial charge is 0.271 e. The van der Waals surface area contributed by atoms with Crippen LogP contribution in [-0.2, 0) is 6.42 Å². The second-order valence-electron chi connectivity index (χ2n) is 4.29. The fourth-order valence-electron chi connectivity index (χ4n) is 1.97. The number of hydrogen-bond donors (Lipinski definition) is 2. The van der Waals surface area contributed by atoms with Crippen LogP contribution in [-0.4, -0.2) is 0 Å². The molecular formula is C14H12Br2ClFN2. The van der Waals surface area contributed by atoms with Crippen LogP contribution in [0.5, 0.6) is 0 Å². The van der Waals surface area contributed by atoms with Crippen molar-refractivity contribution in [2.75, 3.05) is 0 Å². The maximum atomic E-state index is 13.9. The van der Waals surface area contributed by atoms with Gasteiger partial charge >= 0.3 is 0 Å². The number of rotatable bonds is 4. The first kappa shape index (κ1) is 15.9. The number of hydrogen-bond acceptors (Lipinski definition) is 2. The van der Waals surface area contributed by atoms with E-state index in [1.165, 1.54) is 6.07 Å². The third-order valence-electron chi connectivity index (χ3n) is 3.00. The van der Waals surface area contributed by atoms with Crippen molar-refractivity contribution >= 4 is 43.5 Å². The molecule has 6 heteroatoms. The smallest absolute Gasteiger partial charge is 0.127 e. The van der Waals surface area contributed by atoms with Crippen molar-refractivity contribution < 1.29 is 4.39 Å². The van der Waals surface area contributed by atoms with Gasteiger partial charge in [-0.3, -0.25) is 11.3 Å². The Morgan fingerprint density at radius 1 is 1.25 bits per heavy atom. The van der Waals surface area contributed by atoms with E-state index in [9.17, 15) is 4.39 Å². The number of nitrogens with two attached hydrogens (primary N) is 1. The van der Waals surface area contributed by atoms with E-state index < -0.39 is 0 Å². The average Bonchev–Trinajstić information content (AvgIpc) is 2.42. The molecule has 0 aromatic heterocycles. The maximum absolute atomic E-state index is 13.9. The summed E-state index contributed by atoms with van der Waals surface area (Å²) in [5.41, 5.74) is 4.09. The molecule has 0 fully saturated rings. The molecule has 106 valence electrons. The molecule has 2 rings (SSSR count). The maximum Gasteiger partial charge on any atom is 0.127 e. The zero-order valence-corrected chi connectivity index (χ0v) is 14.3. The highest BCUT2D eigenvalue weighted by Gasteiger charge is 2.18. The van der Waals surface area contributed by atoms with Crippen molar-refractivity contribution in [2.45, 2.75) is 12.5 Å². The summed E-state index contributed by atoms with van der Waals surface area (Å²) in [6.07, 6.45) is 0.358. The molecule has 0 saturated heterocycles. The molecule has 0 amide bonds. The molecule has 2 aromatic rings. The van der Waals surface area contributed by atoms with Gasteiger partial charge in [0.2, 0.25) is 0 Å². The van der Waals surface area contributed by atoms with Crippen LogP contribution in [0.15, 0.2) is 45.3 Å². The molecule has 20 heavy (non-hydrogen) atoms. The second kappa shape index (κ2) is 7.00. The molecule has 0 heterocycles. The fourth-order valence-corrected chi connectivity index (χ4v) is 3.11. The van der Waals surface area contributed by atoms with Gasteiger partial charge in [0.25, 0.3) is 0 Å². The van der Waals surface area contributed by atoms with Crippen molar-refractivity contribution in [2.24, 2.45) is 5.84 Å². The Balaban J connectivity index is 2.36. The van der Waals surface area contributed by atoms with Crippen LogP contribution < -0.4 is 11.3 Å². The van der Waals surface area contributed by atoms with Gasteiger partial charge in [-0.2, -0.15) is 0 Å². The average molecular weight is 423 g/mol. The summed E-state index contributed by atoms with van der Waals surface area (Å²) in [4.78, 5) is 0. The Hall–Kier alpha value is -0.460. The van der Waals surface area contributed by atoms with Crippen molar-refractivity contribution in [1.82, 2.24) is 5.43 Å². The van der Waals surface area contributed by atoms with Crippen LogP contribution in [0.1, 0.15) is 17.2 Å². The van der Waals surface area contributed by atoms with Gasteiger partial charge in [0.15, 0.2) is 0 Å². The molecule has 0 radical (unpaired) electrons. The molecule has 0 aliphatic rings. The molecule has 2 nitrogen and oxygen atoms in total. The fraction of sp³-hybridized carbons (Fsp3) is 0.143. The van der Waals surface area contributed by atoms with E-state index in [2.05, 4.69) is 37.3 Å². The zero-order valence-electron chi connectivity index (χ0n) is 10.3. The molecular weight excluding hydrogens is 410 g/mol. The normalized spacial score (nSPS) is 12.4. The summed E-state index contributed by atoms with van der Waals surface area (Å²) in [5.74, 6) is 5.29. The standard InChI is InChI=1S/C14H12Br2ClFN2/c15-8-4-5-11(16)9(6-8)14(20-19)7-10-12(17)2-1-3-13(10)18/h1-6,14,20H,7,19H2. The van der Waals surface area contributed by atoms with Gasteiger partial charge in [-0.25, -0.2) is 4.39 Å². The number of benzene rings is 2. The van der Waals surface area contributed by atoms with Crippen LogP contribution in [0.4, 0.5) is 4.39 Å². The highest BCUT2D eigenvalue weighted by molar-refractivity contribution is 9.11. The minimum absolute atomic E-state index is 0.253. The molecule has 0 bridgehead atoms.